The van der Waals surface area contributed by atoms with E-state index in [9.17, 15) is 0 Å². The molecule has 0 amide bonds. The molecular weight excluding hydrogens is 403 g/mol. The summed E-state index contributed by atoms with van der Waals surface area (Å²) in [7, 11) is 0. The Morgan fingerprint density at radius 3 is 2.45 bits per heavy atom. The second kappa shape index (κ2) is 9.43. The van der Waals surface area contributed by atoms with Crippen LogP contribution in [0.1, 0.15) is 24.0 Å². The third-order valence-corrected chi connectivity index (χ3v) is 5.73. The summed E-state index contributed by atoms with van der Waals surface area (Å²) in [5.41, 5.74) is 4.50. The van der Waals surface area contributed by atoms with E-state index in [0.29, 0.717) is 16.7 Å². The second-order valence-corrected chi connectivity index (χ2v) is 8.11. The molecule has 1 heterocycles. The van der Waals surface area contributed by atoms with Crippen LogP contribution in [0.25, 0.3) is 0 Å². The summed E-state index contributed by atoms with van der Waals surface area (Å²) in [6.45, 7) is 3.48. The van der Waals surface area contributed by atoms with Crippen LogP contribution in [0.4, 0.5) is 11.4 Å². The van der Waals surface area contributed by atoms with Crippen molar-refractivity contribution in [3.8, 4) is 5.75 Å². The molecule has 1 saturated heterocycles. The molecule has 0 radical (unpaired) electrons. The lowest BCUT2D eigenvalue weighted by Crippen LogP contribution is -2.17. The lowest BCUT2D eigenvalue weighted by Gasteiger charge is -2.18. The van der Waals surface area contributed by atoms with Gasteiger partial charge in [0.1, 0.15) is 12.4 Å². The fourth-order valence-corrected chi connectivity index (χ4v) is 3.98. The molecule has 1 aliphatic rings. The van der Waals surface area contributed by atoms with Crippen LogP contribution in [0.2, 0.25) is 10.0 Å². The largest absolute Gasteiger partial charge is 0.489 e. The fourth-order valence-electron chi connectivity index (χ4n) is 3.51. The Kier molecular flexibility index (Phi) is 6.48. The normalized spacial score (nSPS) is 13.5. The minimum absolute atomic E-state index is 0.408. The van der Waals surface area contributed by atoms with Crippen molar-refractivity contribution in [2.75, 3.05) is 23.3 Å². The Morgan fingerprint density at radius 1 is 0.897 bits per heavy atom. The SMILES string of the molecule is Clc1ccc(COc2cccc(CNc3ccc(N4CCCC4)cc3)c2)c(Cl)c1. The molecule has 1 N–H and O–H groups in total. The van der Waals surface area contributed by atoms with Crippen LogP contribution < -0.4 is 15.0 Å². The van der Waals surface area contributed by atoms with E-state index in [1.54, 1.807) is 6.07 Å². The molecule has 5 heteroatoms. The van der Waals surface area contributed by atoms with Crippen LogP contribution in [0.5, 0.6) is 5.75 Å². The molecule has 0 spiro atoms. The molecule has 150 valence electrons. The molecule has 0 atom stereocenters. The van der Waals surface area contributed by atoms with Gasteiger partial charge in [0.15, 0.2) is 0 Å². The molecule has 3 nitrogen and oxygen atoms in total. The van der Waals surface area contributed by atoms with Gasteiger partial charge in [-0.25, -0.2) is 0 Å². The zero-order valence-corrected chi connectivity index (χ0v) is 17.7. The van der Waals surface area contributed by atoms with E-state index in [2.05, 4.69) is 46.6 Å². The van der Waals surface area contributed by atoms with E-state index in [1.165, 1.54) is 31.6 Å². The van der Waals surface area contributed by atoms with Crippen LogP contribution in [0.3, 0.4) is 0 Å². The number of benzene rings is 3. The number of ether oxygens (including phenoxy) is 1. The zero-order chi connectivity index (χ0) is 20.1. The molecule has 0 bridgehead atoms. The van der Waals surface area contributed by atoms with Gasteiger partial charge >= 0.3 is 0 Å². The minimum Gasteiger partial charge on any atom is -0.489 e. The first-order valence-electron chi connectivity index (χ1n) is 9.92. The van der Waals surface area contributed by atoms with Gasteiger partial charge in [0, 0.05) is 46.6 Å². The second-order valence-electron chi connectivity index (χ2n) is 7.27. The van der Waals surface area contributed by atoms with Crippen molar-refractivity contribution in [1.29, 1.82) is 0 Å². The number of halogens is 2. The molecule has 1 aliphatic heterocycles. The van der Waals surface area contributed by atoms with E-state index in [-0.39, 0.29) is 0 Å². The maximum atomic E-state index is 6.22. The third kappa shape index (κ3) is 5.37. The van der Waals surface area contributed by atoms with Crippen LogP contribution >= 0.6 is 23.2 Å². The number of hydrogen-bond acceptors (Lipinski definition) is 3. The minimum atomic E-state index is 0.408. The van der Waals surface area contributed by atoms with Crippen molar-refractivity contribution >= 4 is 34.6 Å². The molecular formula is C24H24Cl2N2O. The molecule has 4 rings (SSSR count). The molecule has 29 heavy (non-hydrogen) atoms. The lowest BCUT2D eigenvalue weighted by molar-refractivity contribution is 0.306. The Balaban J connectivity index is 1.32. The number of nitrogens with one attached hydrogen (secondary N) is 1. The van der Waals surface area contributed by atoms with Crippen LogP contribution in [0.15, 0.2) is 66.7 Å². The first kappa shape index (κ1) is 19.9. The van der Waals surface area contributed by atoms with Crippen molar-refractivity contribution in [2.45, 2.75) is 26.0 Å². The standard InChI is InChI=1S/C24H24Cl2N2O/c25-20-7-6-19(24(26)15-20)17-29-23-5-3-4-18(14-23)16-27-21-8-10-22(11-9-21)28-12-1-2-13-28/h3-11,14-15,27H,1-2,12-13,16-17H2. The predicted octanol–water partition coefficient (Wildman–Crippen LogP) is 6.78. The average Bonchev–Trinajstić information content (AvgIpc) is 3.27. The summed E-state index contributed by atoms with van der Waals surface area (Å²) >= 11 is 12.2. The van der Waals surface area contributed by atoms with Gasteiger partial charge in [-0.1, -0.05) is 41.4 Å². The molecule has 0 aliphatic carbocycles. The molecule has 0 aromatic heterocycles. The highest BCUT2D eigenvalue weighted by Crippen LogP contribution is 2.24. The monoisotopic (exact) mass is 426 g/mol. The Labute approximate surface area is 182 Å². The summed E-state index contributed by atoms with van der Waals surface area (Å²) in [5.74, 6) is 0.819. The fraction of sp³-hybridized carbons (Fsp3) is 0.250. The number of hydrogen-bond donors (Lipinski definition) is 1. The first-order chi connectivity index (χ1) is 14.2. The van der Waals surface area contributed by atoms with Gasteiger partial charge in [-0.2, -0.15) is 0 Å². The number of rotatable bonds is 7. The first-order valence-corrected chi connectivity index (χ1v) is 10.7. The van der Waals surface area contributed by atoms with E-state index in [1.807, 2.05) is 24.3 Å². The van der Waals surface area contributed by atoms with E-state index >= 15 is 0 Å². The highest BCUT2D eigenvalue weighted by Gasteiger charge is 2.11. The highest BCUT2D eigenvalue weighted by atomic mass is 35.5. The van der Waals surface area contributed by atoms with E-state index in [4.69, 9.17) is 27.9 Å². The quantitative estimate of drug-likeness (QED) is 0.450. The average molecular weight is 427 g/mol. The summed E-state index contributed by atoms with van der Waals surface area (Å²) in [5, 5.41) is 4.73. The topological polar surface area (TPSA) is 24.5 Å². The van der Waals surface area contributed by atoms with Gasteiger partial charge in [0.05, 0.1) is 0 Å². The summed E-state index contributed by atoms with van der Waals surface area (Å²) in [6, 6.07) is 22.2. The molecule has 0 unspecified atom stereocenters. The van der Waals surface area contributed by atoms with Gasteiger partial charge < -0.3 is 15.0 Å². The van der Waals surface area contributed by atoms with Crippen molar-refractivity contribution in [1.82, 2.24) is 0 Å². The smallest absolute Gasteiger partial charge is 0.120 e. The maximum Gasteiger partial charge on any atom is 0.120 e. The van der Waals surface area contributed by atoms with Crippen molar-refractivity contribution in [3.05, 3.63) is 87.9 Å². The van der Waals surface area contributed by atoms with E-state index in [0.717, 1.165) is 29.1 Å². The maximum absolute atomic E-state index is 6.22. The summed E-state index contributed by atoms with van der Waals surface area (Å²) < 4.78 is 5.92. The van der Waals surface area contributed by atoms with Crippen molar-refractivity contribution in [2.24, 2.45) is 0 Å². The van der Waals surface area contributed by atoms with Crippen LogP contribution in [0, 0.1) is 0 Å². The Bertz CT molecular complexity index is 953. The van der Waals surface area contributed by atoms with Gasteiger partial charge in [-0.3, -0.25) is 0 Å². The molecule has 3 aromatic carbocycles. The lowest BCUT2D eigenvalue weighted by atomic mass is 10.2. The Morgan fingerprint density at radius 2 is 1.69 bits per heavy atom. The summed E-state index contributed by atoms with van der Waals surface area (Å²) in [4.78, 5) is 2.44. The molecule has 1 fully saturated rings. The van der Waals surface area contributed by atoms with Crippen LogP contribution in [-0.2, 0) is 13.2 Å². The molecule has 3 aromatic rings. The van der Waals surface area contributed by atoms with Crippen molar-refractivity contribution < 1.29 is 4.74 Å². The highest BCUT2D eigenvalue weighted by molar-refractivity contribution is 6.35. The molecule has 0 saturated carbocycles. The van der Waals surface area contributed by atoms with E-state index < -0.39 is 0 Å². The van der Waals surface area contributed by atoms with Gasteiger partial charge in [0.2, 0.25) is 0 Å². The van der Waals surface area contributed by atoms with Gasteiger partial charge in [-0.15, -0.1) is 0 Å². The van der Waals surface area contributed by atoms with Crippen molar-refractivity contribution in [3.63, 3.8) is 0 Å². The number of anilines is 2. The Hall–Kier alpha value is -2.36. The third-order valence-electron chi connectivity index (χ3n) is 5.14. The number of nitrogens with zero attached hydrogens (tertiary/aromatic N) is 1. The zero-order valence-electron chi connectivity index (χ0n) is 16.2. The van der Waals surface area contributed by atoms with Gasteiger partial charge in [0.25, 0.3) is 0 Å². The predicted molar refractivity (Wildman–Crippen MR) is 122 cm³/mol. The summed E-state index contributed by atoms with van der Waals surface area (Å²) in [6.07, 6.45) is 2.59. The van der Waals surface area contributed by atoms with Crippen LogP contribution in [-0.4, -0.2) is 13.1 Å². The van der Waals surface area contributed by atoms with Gasteiger partial charge in [-0.05, 0) is 66.9 Å².